The predicted octanol–water partition coefficient (Wildman–Crippen LogP) is 3.90. The van der Waals surface area contributed by atoms with Crippen LogP contribution < -0.4 is 4.90 Å². The summed E-state index contributed by atoms with van der Waals surface area (Å²) in [6, 6.07) is 4.21. The molecule has 0 atom stereocenters. The number of carbonyl (C=O) groups excluding carboxylic acids is 1. The predicted molar refractivity (Wildman–Crippen MR) is 116 cm³/mol. The number of benzene rings is 1. The number of carbonyl (C=O) groups is 1. The molecule has 1 aliphatic heterocycles. The molecule has 0 saturated carbocycles. The molecule has 8 heteroatoms. The Morgan fingerprint density at radius 1 is 1.18 bits per heavy atom. The third kappa shape index (κ3) is 4.96. The van der Waals surface area contributed by atoms with Crippen LogP contribution in [0.2, 0.25) is 0 Å². The maximum absolute atomic E-state index is 13.1. The van der Waals surface area contributed by atoms with Crippen molar-refractivity contribution in [3.8, 4) is 0 Å². The highest BCUT2D eigenvalue weighted by Gasteiger charge is 2.26. The van der Waals surface area contributed by atoms with Gasteiger partial charge in [-0.05, 0) is 44.1 Å². The van der Waals surface area contributed by atoms with Gasteiger partial charge >= 0.3 is 0 Å². The Hall–Kier alpha value is -1.83. The molecule has 0 bridgehead atoms. The van der Waals surface area contributed by atoms with Crippen molar-refractivity contribution in [2.24, 2.45) is 0 Å². The quantitative estimate of drug-likeness (QED) is 0.673. The van der Waals surface area contributed by atoms with Gasteiger partial charge in [0.2, 0.25) is 5.76 Å². The smallest absolute Gasteiger partial charge is 0.298 e. The SMILES string of the molecule is CCN(CC)CCN(C(=O)C1=COCCO1)c1nc2cc(C)cc(C)c2s1.Cl. The van der Waals surface area contributed by atoms with Crippen molar-refractivity contribution in [3.63, 3.8) is 0 Å². The Kier molecular flexibility index (Phi) is 8.10. The summed E-state index contributed by atoms with van der Waals surface area (Å²) in [6.45, 7) is 12.5. The van der Waals surface area contributed by atoms with Gasteiger partial charge in [0.15, 0.2) is 5.13 Å². The Morgan fingerprint density at radius 3 is 2.57 bits per heavy atom. The van der Waals surface area contributed by atoms with Crippen LogP contribution in [0.3, 0.4) is 0 Å². The number of anilines is 1. The molecule has 1 amide bonds. The van der Waals surface area contributed by atoms with Crippen LogP contribution in [-0.2, 0) is 14.3 Å². The number of fused-ring (bicyclic) bond motifs is 1. The van der Waals surface area contributed by atoms with Crippen LogP contribution in [-0.4, -0.2) is 55.2 Å². The highest BCUT2D eigenvalue weighted by atomic mass is 35.5. The molecule has 154 valence electrons. The number of likely N-dealkylation sites (N-methyl/N-ethyl adjacent to an activating group) is 1. The first-order valence-electron chi connectivity index (χ1n) is 9.40. The Bertz CT molecular complexity index is 849. The largest absolute Gasteiger partial charge is 0.494 e. The summed E-state index contributed by atoms with van der Waals surface area (Å²) in [5.41, 5.74) is 3.29. The topological polar surface area (TPSA) is 54.9 Å². The standard InChI is InChI=1S/C20H27N3O3S.ClH/c1-5-22(6-2)7-8-23(19(24)17-13-25-9-10-26-17)20-21-16-12-14(3)11-15(4)18(16)27-20;/h11-13H,5-10H2,1-4H3;1H. The number of hydrogen-bond donors (Lipinski definition) is 0. The van der Waals surface area contributed by atoms with Gasteiger partial charge in [0.05, 0.1) is 10.2 Å². The van der Waals surface area contributed by atoms with Crippen LogP contribution in [0.5, 0.6) is 0 Å². The summed E-state index contributed by atoms with van der Waals surface area (Å²) in [5, 5.41) is 0.700. The molecule has 0 fully saturated rings. The molecule has 28 heavy (non-hydrogen) atoms. The summed E-state index contributed by atoms with van der Waals surface area (Å²) in [4.78, 5) is 21.9. The lowest BCUT2D eigenvalue weighted by Gasteiger charge is -2.26. The highest BCUT2D eigenvalue weighted by Crippen LogP contribution is 2.33. The van der Waals surface area contributed by atoms with Crippen LogP contribution in [0.25, 0.3) is 10.2 Å². The van der Waals surface area contributed by atoms with Crippen LogP contribution in [0.15, 0.2) is 24.2 Å². The van der Waals surface area contributed by atoms with Crippen molar-refractivity contribution in [2.75, 3.05) is 44.3 Å². The van der Waals surface area contributed by atoms with Gasteiger partial charge in [-0.25, -0.2) is 4.98 Å². The summed E-state index contributed by atoms with van der Waals surface area (Å²) in [7, 11) is 0. The monoisotopic (exact) mass is 425 g/mol. The first-order chi connectivity index (χ1) is 13.0. The number of amides is 1. The summed E-state index contributed by atoms with van der Waals surface area (Å²) >= 11 is 1.55. The lowest BCUT2D eigenvalue weighted by molar-refractivity contribution is -0.119. The number of hydrogen-bond acceptors (Lipinski definition) is 6. The van der Waals surface area contributed by atoms with Crippen molar-refractivity contribution in [2.45, 2.75) is 27.7 Å². The number of halogens is 1. The molecular formula is C20H28ClN3O3S. The van der Waals surface area contributed by atoms with Crippen LogP contribution >= 0.6 is 23.7 Å². The lowest BCUT2D eigenvalue weighted by Crippen LogP contribution is -2.40. The van der Waals surface area contributed by atoms with Crippen molar-refractivity contribution >= 4 is 45.0 Å². The molecule has 2 heterocycles. The third-order valence-electron chi connectivity index (χ3n) is 4.68. The molecule has 1 aromatic heterocycles. The molecule has 2 aromatic rings. The van der Waals surface area contributed by atoms with Gasteiger partial charge in [0.25, 0.3) is 5.91 Å². The Morgan fingerprint density at radius 2 is 1.93 bits per heavy atom. The van der Waals surface area contributed by atoms with Gasteiger partial charge in [0, 0.05) is 13.1 Å². The molecule has 0 aliphatic carbocycles. The highest BCUT2D eigenvalue weighted by molar-refractivity contribution is 7.22. The van der Waals surface area contributed by atoms with E-state index < -0.39 is 0 Å². The fourth-order valence-corrected chi connectivity index (χ4v) is 4.20. The second kappa shape index (κ2) is 10.1. The zero-order valence-electron chi connectivity index (χ0n) is 16.9. The lowest BCUT2D eigenvalue weighted by atomic mass is 10.1. The van der Waals surface area contributed by atoms with Crippen LogP contribution in [0, 0.1) is 13.8 Å². The summed E-state index contributed by atoms with van der Waals surface area (Å²) < 4.78 is 11.9. The second-order valence-electron chi connectivity index (χ2n) is 6.61. The molecular weight excluding hydrogens is 398 g/mol. The minimum absolute atomic E-state index is 0. The first-order valence-corrected chi connectivity index (χ1v) is 10.2. The number of ether oxygens (including phenoxy) is 2. The van der Waals surface area contributed by atoms with E-state index in [2.05, 4.69) is 44.7 Å². The molecule has 0 N–H and O–H groups in total. The second-order valence-corrected chi connectivity index (χ2v) is 7.59. The third-order valence-corrected chi connectivity index (χ3v) is 5.91. The number of rotatable bonds is 7. The minimum Gasteiger partial charge on any atom is -0.494 e. The molecule has 0 unspecified atom stereocenters. The first kappa shape index (κ1) is 22.5. The number of aryl methyl sites for hydroxylation is 2. The van der Waals surface area contributed by atoms with Gasteiger partial charge in [-0.3, -0.25) is 9.69 Å². The van der Waals surface area contributed by atoms with E-state index in [9.17, 15) is 4.79 Å². The van der Waals surface area contributed by atoms with Crippen molar-refractivity contribution in [1.29, 1.82) is 0 Å². The van der Waals surface area contributed by atoms with Crippen LogP contribution in [0.4, 0.5) is 5.13 Å². The van der Waals surface area contributed by atoms with E-state index in [1.807, 2.05) is 0 Å². The van der Waals surface area contributed by atoms with Crippen molar-refractivity contribution < 1.29 is 14.3 Å². The van der Waals surface area contributed by atoms with Crippen molar-refractivity contribution in [1.82, 2.24) is 9.88 Å². The van der Waals surface area contributed by atoms with Crippen LogP contribution in [0.1, 0.15) is 25.0 Å². The molecule has 6 nitrogen and oxygen atoms in total. The zero-order chi connectivity index (χ0) is 19.4. The summed E-state index contributed by atoms with van der Waals surface area (Å²) in [6.07, 6.45) is 1.42. The molecule has 3 rings (SSSR count). The average molecular weight is 426 g/mol. The van der Waals surface area contributed by atoms with E-state index in [4.69, 9.17) is 14.5 Å². The van der Waals surface area contributed by atoms with Gasteiger partial charge < -0.3 is 14.4 Å². The van der Waals surface area contributed by atoms with E-state index in [1.54, 1.807) is 16.2 Å². The van der Waals surface area contributed by atoms with Crippen molar-refractivity contribution in [3.05, 3.63) is 35.3 Å². The van der Waals surface area contributed by atoms with Gasteiger partial charge in [-0.2, -0.15) is 0 Å². The van der Waals surface area contributed by atoms with E-state index in [-0.39, 0.29) is 24.1 Å². The number of thiazole rings is 1. The minimum atomic E-state index is -0.199. The normalized spacial score (nSPS) is 13.5. The Balaban J connectivity index is 0.00000280. The molecule has 0 radical (unpaired) electrons. The maximum atomic E-state index is 13.1. The average Bonchev–Trinajstić information content (AvgIpc) is 3.09. The Labute approximate surface area is 176 Å². The zero-order valence-corrected chi connectivity index (χ0v) is 18.5. The van der Waals surface area contributed by atoms with E-state index in [1.165, 1.54) is 17.4 Å². The molecule has 1 aromatic carbocycles. The maximum Gasteiger partial charge on any atom is 0.298 e. The fraction of sp³-hybridized carbons (Fsp3) is 0.500. The van der Waals surface area contributed by atoms with Gasteiger partial charge in [0.1, 0.15) is 19.5 Å². The van der Waals surface area contributed by atoms with Gasteiger partial charge in [-0.15, -0.1) is 12.4 Å². The molecule has 0 spiro atoms. The number of aromatic nitrogens is 1. The molecule has 0 saturated heterocycles. The van der Waals surface area contributed by atoms with E-state index in [0.29, 0.717) is 24.9 Å². The van der Waals surface area contributed by atoms with Gasteiger partial charge in [-0.1, -0.05) is 31.3 Å². The summed E-state index contributed by atoms with van der Waals surface area (Å²) in [5.74, 6) is 0.0447. The van der Waals surface area contributed by atoms with E-state index in [0.717, 1.165) is 29.9 Å². The number of nitrogens with zero attached hydrogens (tertiary/aromatic N) is 3. The molecule has 1 aliphatic rings. The fourth-order valence-electron chi connectivity index (χ4n) is 3.16. The van der Waals surface area contributed by atoms with E-state index >= 15 is 0 Å².